The Bertz CT molecular complexity index is 176. The molecule has 40 valence electrons. The van der Waals surface area contributed by atoms with Gasteiger partial charge in [-0.3, -0.25) is 0 Å². The van der Waals surface area contributed by atoms with Crippen LogP contribution in [0.15, 0.2) is 7.26 Å². The molecule has 0 bridgehead atoms. The molecule has 0 spiro atoms. The minimum Gasteiger partial charge on any atom is -0.143 e. The van der Waals surface area contributed by atoms with Gasteiger partial charge in [0.25, 0.3) is 0 Å². The lowest BCUT2D eigenvalue weighted by Gasteiger charge is -1.54. The molecule has 3 nitrogen and oxygen atoms in total. The van der Waals surface area contributed by atoms with Gasteiger partial charge in [-0.05, 0) is 0 Å². The summed E-state index contributed by atoms with van der Waals surface area (Å²) < 4.78 is 19.0. The van der Waals surface area contributed by atoms with Crippen LogP contribution in [0.2, 0.25) is 0 Å². The SMILES string of the molecule is O=[p+]1ossso1. The van der Waals surface area contributed by atoms with Gasteiger partial charge in [-0.2, -0.15) is 0 Å². The summed E-state index contributed by atoms with van der Waals surface area (Å²) >= 11 is 0. The maximum Gasteiger partial charge on any atom is 0.831 e. The van der Waals surface area contributed by atoms with Gasteiger partial charge in [-0.1, -0.05) is 0 Å². The van der Waals surface area contributed by atoms with Crippen LogP contribution in [0.5, 0.6) is 0 Å². The summed E-state index contributed by atoms with van der Waals surface area (Å²) in [5.41, 5.74) is 0. The molecule has 0 aromatic carbocycles. The third-order valence-electron chi connectivity index (χ3n) is 0.238. The van der Waals surface area contributed by atoms with Crippen molar-refractivity contribution in [3.8, 4) is 0 Å². The molecule has 1 aromatic rings. The smallest absolute Gasteiger partial charge is 0.143 e. The minimum absolute atomic E-state index is 1.07. The highest BCUT2D eigenvalue weighted by atomic mass is 33.2. The van der Waals surface area contributed by atoms with E-state index in [9.17, 15) is 4.57 Å². The Labute approximate surface area is 50.7 Å². The van der Waals surface area contributed by atoms with E-state index in [4.69, 9.17) is 0 Å². The average Bonchev–Trinajstić information content (AvgIpc) is 1.69. The first kappa shape index (κ1) is 5.50. The van der Waals surface area contributed by atoms with Crippen molar-refractivity contribution in [1.29, 1.82) is 0 Å². The second-order valence-corrected chi connectivity index (χ2v) is 5.07. The van der Waals surface area contributed by atoms with Gasteiger partial charge >= 0.3 is 7.89 Å². The zero-order valence-corrected chi connectivity index (χ0v) is 6.24. The summed E-state index contributed by atoms with van der Waals surface area (Å²) in [6.45, 7) is 0. The van der Waals surface area contributed by atoms with E-state index < -0.39 is 7.89 Å². The molecule has 0 aliphatic heterocycles. The van der Waals surface area contributed by atoms with Crippen LogP contribution in [0.3, 0.4) is 0 Å². The molecule has 0 aliphatic carbocycles. The van der Waals surface area contributed by atoms with Gasteiger partial charge in [0.15, 0.2) is 21.3 Å². The van der Waals surface area contributed by atoms with E-state index in [1.165, 1.54) is 9.34 Å². The first-order valence-corrected chi connectivity index (χ1v) is 5.64. The highest BCUT2D eigenvalue weighted by Crippen LogP contribution is 2.22. The van der Waals surface area contributed by atoms with Crippen molar-refractivity contribution < 1.29 is 11.8 Å². The van der Waals surface area contributed by atoms with Crippen LogP contribution in [0.25, 0.3) is 0 Å². The lowest BCUT2D eigenvalue weighted by Crippen LogP contribution is -1.23. The largest absolute Gasteiger partial charge is 0.831 e. The van der Waals surface area contributed by atoms with Gasteiger partial charge in [-0.25, -0.2) is 0 Å². The molecular formula is O3PS3+. The van der Waals surface area contributed by atoms with Crippen molar-refractivity contribution in [3.05, 3.63) is 0 Å². The molecule has 7 heteroatoms. The molecule has 0 aliphatic rings. The van der Waals surface area contributed by atoms with E-state index in [0.717, 1.165) is 21.3 Å². The minimum atomic E-state index is -1.84. The second-order valence-electron chi connectivity index (χ2n) is 0.577. The predicted octanol–water partition coefficient (Wildman–Crippen LogP) is 2.92. The molecule has 1 heterocycles. The zero-order valence-electron chi connectivity index (χ0n) is 2.90. The molecule has 1 rings (SSSR count). The van der Waals surface area contributed by atoms with Crippen LogP contribution in [0, 0.1) is 0 Å². The average molecular weight is 175 g/mol. The Morgan fingerprint density at radius 1 is 1.29 bits per heavy atom. The maximum absolute atomic E-state index is 10.1. The van der Waals surface area contributed by atoms with E-state index in [2.05, 4.69) is 7.26 Å². The summed E-state index contributed by atoms with van der Waals surface area (Å²) in [6, 6.07) is 0. The summed E-state index contributed by atoms with van der Waals surface area (Å²) in [5.74, 6) is 0. The number of hydrogen-bond donors (Lipinski definition) is 0. The predicted molar refractivity (Wildman–Crippen MR) is 29.8 cm³/mol. The van der Waals surface area contributed by atoms with Crippen LogP contribution in [-0.4, -0.2) is 0 Å². The van der Waals surface area contributed by atoms with Gasteiger partial charge in [0, 0.05) is 4.57 Å². The molecule has 0 fully saturated rings. The van der Waals surface area contributed by atoms with E-state index in [-0.39, 0.29) is 0 Å². The third kappa shape index (κ3) is 1.73. The first-order chi connectivity index (χ1) is 3.39. The zero-order chi connectivity index (χ0) is 5.11. The van der Waals surface area contributed by atoms with Crippen molar-refractivity contribution in [2.24, 2.45) is 0 Å². The Morgan fingerprint density at radius 3 is 2.14 bits per heavy atom. The fourth-order valence-corrected chi connectivity index (χ4v) is 4.00. The van der Waals surface area contributed by atoms with Crippen molar-refractivity contribution >= 4 is 38.5 Å². The van der Waals surface area contributed by atoms with Gasteiger partial charge in [0.2, 0.25) is 0 Å². The van der Waals surface area contributed by atoms with Crippen LogP contribution in [0.1, 0.15) is 0 Å². The van der Waals surface area contributed by atoms with E-state index >= 15 is 0 Å². The molecule has 7 heavy (non-hydrogen) atoms. The second kappa shape index (κ2) is 2.61. The fraction of sp³-hybridized carbons (Fsp3) is 0. The number of hydrogen-bond acceptors (Lipinski definition) is 6. The van der Waals surface area contributed by atoms with Crippen molar-refractivity contribution in [2.45, 2.75) is 0 Å². The Hall–Kier alpha value is 0.360. The first-order valence-electron chi connectivity index (χ1n) is 1.21. The molecule has 0 saturated carbocycles. The summed E-state index contributed by atoms with van der Waals surface area (Å²) in [5, 5.41) is 0. The van der Waals surface area contributed by atoms with Gasteiger partial charge in [0.1, 0.15) is 0 Å². The molecular weight excluding hydrogens is 175 g/mol. The van der Waals surface area contributed by atoms with Crippen LogP contribution in [0.4, 0.5) is 0 Å². The van der Waals surface area contributed by atoms with Crippen LogP contribution >= 0.6 is 38.5 Å². The quantitative estimate of drug-likeness (QED) is 0.569. The van der Waals surface area contributed by atoms with Crippen molar-refractivity contribution in [1.82, 2.24) is 0 Å². The van der Waals surface area contributed by atoms with E-state index in [0.29, 0.717) is 0 Å². The summed E-state index contributed by atoms with van der Waals surface area (Å²) in [4.78, 5) is 0. The highest BCUT2D eigenvalue weighted by Gasteiger charge is 1.98. The summed E-state index contributed by atoms with van der Waals surface area (Å²) in [7, 11) is 1.62. The molecule has 1 aromatic heterocycles. The highest BCUT2D eigenvalue weighted by molar-refractivity contribution is 7.91. The Kier molecular flexibility index (Phi) is 2.05. The monoisotopic (exact) mass is 175 g/mol. The molecule has 0 saturated heterocycles. The van der Waals surface area contributed by atoms with Crippen molar-refractivity contribution in [3.63, 3.8) is 0 Å². The molecule has 0 radical (unpaired) electrons. The Morgan fingerprint density at radius 2 is 1.86 bits per heavy atom. The lowest BCUT2D eigenvalue weighted by atomic mass is 15.8. The van der Waals surface area contributed by atoms with E-state index in [1.807, 2.05) is 0 Å². The van der Waals surface area contributed by atoms with Crippen LogP contribution in [-0.2, 0) is 4.57 Å². The van der Waals surface area contributed by atoms with Crippen LogP contribution < -0.4 is 0 Å². The molecule has 0 amide bonds. The molecule has 0 unspecified atom stereocenters. The van der Waals surface area contributed by atoms with Gasteiger partial charge in [0.05, 0.1) is 9.34 Å². The van der Waals surface area contributed by atoms with E-state index in [1.54, 1.807) is 0 Å². The molecule has 0 atom stereocenters. The third-order valence-corrected chi connectivity index (χ3v) is 4.24. The topological polar surface area (TPSA) is 43.4 Å². The van der Waals surface area contributed by atoms with Gasteiger partial charge < -0.3 is 0 Å². The Balaban J connectivity index is 3.28. The normalized spacial score (nSPS) is 8.57. The fourth-order valence-electron chi connectivity index (χ4n) is 0.0983. The number of rotatable bonds is 0. The molecule has 0 N–H and O–H groups in total. The summed E-state index contributed by atoms with van der Waals surface area (Å²) in [6.07, 6.45) is 0. The van der Waals surface area contributed by atoms with Crippen molar-refractivity contribution in [2.75, 3.05) is 0 Å². The van der Waals surface area contributed by atoms with Gasteiger partial charge in [-0.15, -0.1) is 7.26 Å². The maximum atomic E-state index is 10.1. The standard InChI is InChI=1S/O3PS3/c1-4-2-5-7-6-3-4/q+1. The lowest BCUT2D eigenvalue weighted by molar-refractivity contribution is 0.536.